The SMILES string of the molecule is Cc1cc(Br)ccc1-c1noc(C2(CN)CCCCC2)n1. The standard InChI is InChI=1S/C16H20BrN3O/c1-11-9-12(17)5-6-13(11)14-19-15(21-20-14)16(10-18)7-3-2-4-8-16/h5-6,9H,2-4,7-8,10,18H2,1H3. The molecule has 0 spiro atoms. The lowest BCUT2D eigenvalue weighted by molar-refractivity contribution is 0.220. The van der Waals surface area contributed by atoms with E-state index < -0.39 is 0 Å². The van der Waals surface area contributed by atoms with Crippen molar-refractivity contribution in [3.8, 4) is 11.4 Å². The van der Waals surface area contributed by atoms with Gasteiger partial charge in [0.25, 0.3) is 0 Å². The quantitative estimate of drug-likeness (QED) is 0.910. The molecule has 0 atom stereocenters. The number of nitrogens with zero attached hydrogens (tertiary/aromatic N) is 2. The monoisotopic (exact) mass is 349 g/mol. The van der Waals surface area contributed by atoms with E-state index in [0.29, 0.717) is 18.3 Å². The zero-order chi connectivity index (χ0) is 14.9. The molecule has 1 aromatic heterocycles. The maximum absolute atomic E-state index is 6.03. The van der Waals surface area contributed by atoms with Crippen LogP contribution in [0.5, 0.6) is 0 Å². The van der Waals surface area contributed by atoms with Crippen molar-refractivity contribution in [1.82, 2.24) is 10.1 Å². The number of halogens is 1. The van der Waals surface area contributed by atoms with Gasteiger partial charge >= 0.3 is 0 Å². The van der Waals surface area contributed by atoms with Crippen LogP contribution in [0.3, 0.4) is 0 Å². The maximum atomic E-state index is 6.03. The Bertz CT molecular complexity index is 632. The molecule has 3 rings (SSSR count). The van der Waals surface area contributed by atoms with Gasteiger partial charge in [-0.15, -0.1) is 0 Å². The number of aryl methyl sites for hydroxylation is 1. The van der Waals surface area contributed by atoms with Gasteiger partial charge in [0.1, 0.15) is 0 Å². The Hall–Kier alpha value is -1.20. The normalized spacial score (nSPS) is 17.9. The van der Waals surface area contributed by atoms with Crippen molar-refractivity contribution in [3.63, 3.8) is 0 Å². The first kappa shape index (κ1) is 14.7. The molecule has 1 aliphatic carbocycles. The zero-order valence-corrected chi connectivity index (χ0v) is 13.8. The van der Waals surface area contributed by atoms with Crippen LogP contribution in [-0.4, -0.2) is 16.7 Å². The van der Waals surface area contributed by atoms with Crippen LogP contribution in [0.25, 0.3) is 11.4 Å². The first-order chi connectivity index (χ1) is 10.1. The molecule has 0 aliphatic heterocycles. The topological polar surface area (TPSA) is 64.9 Å². The van der Waals surface area contributed by atoms with Crippen molar-refractivity contribution >= 4 is 15.9 Å². The highest BCUT2D eigenvalue weighted by Crippen LogP contribution is 2.38. The predicted molar refractivity (Wildman–Crippen MR) is 86.0 cm³/mol. The molecule has 4 nitrogen and oxygen atoms in total. The third-order valence-corrected chi connectivity index (χ3v) is 5.00. The molecule has 2 aromatic rings. The second kappa shape index (κ2) is 5.89. The summed E-state index contributed by atoms with van der Waals surface area (Å²) in [6.07, 6.45) is 5.74. The first-order valence-electron chi connectivity index (χ1n) is 7.45. The summed E-state index contributed by atoms with van der Waals surface area (Å²) in [4.78, 5) is 4.66. The maximum Gasteiger partial charge on any atom is 0.234 e. The Morgan fingerprint density at radius 3 is 2.71 bits per heavy atom. The fraction of sp³-hybridized carbons (Fsp3) is 0.500. The van der Waals surface area contributed by atoms with Crippen LogP contribution in [0.4, 0.5) is 0 Å². The second-order valence-corrected chi connectivity index (χ2v) is 6.84. The minimum absolute atomic E-state index is 0.118. The molecule has 0 saturated heterocycles. The van der Waals surface area contributed by atoms with E-state index in [4.69, 9.17) is 10.3 Å². The lowest BCUT2D eigenvalue weighted by atomic mass is 9.74. The zero-order valence-electron chi connectivity index (χ0n) is 12.2. The van der Waals surface area contributed by atoms with Gasteiger partial charge in [-0.1, -0.05) is 40.3 Å². The van der Waals surface area contributed by atoms with E-state index in [0.717, 1.165) is 28.4 Å². The van der Waals surface area contributed by atoms with E-state index in [-0.39, 0.29) is 5.41 Å². The van der Waals surface area contributed by atoms with Gasteiger partial charge in [0.15, 0.2) is 0 Å². The molecule has 0 unspecified atom stereocenters. The number of benzene rings is 1. The smallest absolute Gasteiger partial charge is 0.234 e. The Morgan fingerprint density at radius 1 is 1.29 bits per heavy atom. The summed E-state index contributed by atoms with van der Waals surface area (Å²) >= 11 is 3.48. The van der Waals surface area contributed by atoms with Gasteiger partial charge in [-0.3, -0.25) is 0 Å². The molecule has 5 heteroatoms. The second-order valence-electron chi connectivity index (χ2n) is 5.93. The molecule has 112 valence electrons. The minimum atomic E-state index is -0.118. The Morgan fingerprint density at radius 2 is 2.05 bits per heavy atom. The number of nitrogens with two attached hydrogens (primary N) is 1. The molecule has 2 N–H and O–H groups in total. The van der Waals surface area contributed by atoms with E-state index >= 15 is 0 Å². The van der Waals surface area contributed by atoms with Crippen LogP contribution < -0.4 is 5.73 Å². The summed E-state index contributed by atoms with van der Waals surface area (Å²) in [5.74, 6) is 1.37. The van der Waals surface area contributed by atoms with Crippen LogP contribution in [0.1, 0.15) is 43.6 Å². The molecule has 1 aromatic carbocycles. The van der Waals surface area contributed by atoms with Crippen LogP contribution in [0.2, 0.25) is 0 Å². The summed E-state index contributed by atoms with van der Waals surface area (Å²) in [7, 11) is 0. The van der Waals surface area contributed by atoms with Crippen LogP contribution >= 0.6 is 15.9 Å². The number of hydrogen-bond donors (Lipinski definition) is 1. The molecule has 21 heavy (non-hydrogen) atoms. The van der Waals surface area contributed by atoms with E-state index in [1.807, 2.05) is 12.1 Å². The fourth-order valence-electron chi connectivity index (χ4n) is 3.16. The lowest BCUT2D eigenvalue weighted by Crippen LogP contribution is -2.37. The van der Waals surface area contributed by atoms with Gasteiger partial charge < -0.3 is 10.3 Å². The van der Waals surface area contributed by atoms with Crippen molar-refractivity contribution in [2.24, 2.45) is 5.73 Å². The Kier molecular flexibility index (Phi) is 4.13. The van der Waals surface area contributed by atoms with Gasteiger partial charge in [-0.05, 0) is 43.5 Å². The van der Waals surface area contributed by atoms with Crippen LogP contribution in [0, 0.1) is 6.92 Å². The van der Waals surface area contributed by atoms with E-state index in [1.165, 1.54) is 19.3 Å². The van der Waals surface area contributed by atoms with Gasteiger partial charge in [0.2, 0.25) is 11.7 Å². The third kappa shape index (κ3) is 2.77. The molecule has 0 bridgehead atoms. The lowest BCUT2D eigenvalue weighted by Gasteiger charge is -2.32. The summed E-state index contributed by atoms with van der Waals surface area (Å²) in [5.41, 5.74) is 8.05. The number of aromatic nitrogens is 2. The van der Waals surface area contributed by atoms with Crippen molar-refractivity contribution in [2.45, 2.75) is 44.4 Å². The van der Waals surface area contributed by atoms with Gasteiger partial charge in [0, 0.05) is 16.6 Å². The predicted octanol–water partition coefficient (Wildman–Crippen LogP) is 3.97. The Balaban J connectivity index is 1.95. The minimum Gasteiger partial charge on any atom is -0.338 e. The molecule has 1 saturated carbocycles. The summed E-state index contributed by atoms with van der Waals surface area (Å²) in [6, 6.07) is 6.08. The molecule has 1 heterocycles. The van der Waals surface area contributed by atoms with Crippen LogP contribution in [0.15, 0.2) is 27.2 Å². The van der Waals surface area contributed by atoms with Crippen molar-refractivity contribution < 1.29 is 4.52 Å². The number of rotatable bonds is 3. The molecule has 0 amide bonds. The number of hydrogen-bond acceptors (Lipinski definition) is 4. The van der Waals surface area contributed by atoms with Crippen molar-refractivity contribution in [3.05, 3.63) is 34.1 Å². The highest BCUT2D eigenvalue weighted by atomic mass is 79.9. The van der Waals surface area contributed by atoms with Crippen molar-refractivity contribution in [2.75, 3.05) is 6.54 Å². The third-order valence-electron chi connectivity index (χ3n) is 4.51. The molecular formula is C16H20BrN3O. The largest absolute Gasteiger partial charge is 0.338 e. The van der Waals surface area contributed by atoms with Gasteiger partial charge in [-0.25, -0.2) is 0 Å². The average molecular weight is 350 g/mol. The van der Waals surface area contributed by atoms with E-state index in [9.17, 15) is 0 Å². The average Bonchev–Trinajstić information content (AvgIpc) is 2.98. The van der Waals surface area contributed by atoms with Gasteiger partial charge in [0.05, 0.1) is 5.41 Å². The van der Waals surface area contributed by atoms with Gasteiger partial charge in [-0.2, -0.15) is 4.98 Å². The highest BCUT2D eigenvalue weighted by molar-refractivity contribution is 9.10. The first-order valence-corrected chi connectivity index (χ1v) is 8.25. The molecule has 1 fully saturated rings. The summed E-state index contributed by atoms with van der Waals surface area (Å²) < 4.78 is 6.64. The summed E-state index contributed by atoms with van der Waals surface area (Å²) in [5, 5.41) is 4.19. The van der Waals surface area contributed by atoms with E-state index in [1.54, 1.807) is 0 Å². The van der Waals surface area contributed by atoms with Crippen molar-refractivity contribution in [1.29, 1.82) is 0 Å². The Labute approximate surface area is 133 Å². The fourth-order valence-corrected chi connectivity index (χ4v) is 3.64. The highest BCUT2D eigenvalue weighted by Gasteiger charge is 2.38. The molecule has 0 radical (unpaired) electrons. The molecule has 1 aliphatic rings. The molecular weight excluding hydrogens is 330 g/mol. The van der Waals surface area contributed by atoms with E-state index in [2.05, 4.69) is 39.1 Å². The van der Waals surface area contributed by atoms with Crippen LogP contribution in [-0.2, 0) is 5.41 Å². The summed E-state index contributed by atoms with van der Waals surface area (Å²) in [6.45, 7) is 2.63.